The van der Waals surface area contributed by atoms with Crippen LogP contribution in [0.4, 0.5) is 0 Å². The van der Waals surface area contributed by atoms with E-state index in [1.165, 1.54) is 24.1 Å². The zero-order chi connectivity index (χ0) is 19.1. The average Bonchev–Trinajstić information content (AvgIpc) is 3.37. The molecule has 150 valence electrons. The molecule has 2 saturated carbocycles. The Morgan fingerprint density at radius 3 is 3.00 bits per heavy atom. The first-order valence-corrected chi connectivity index (χ1v) is 11.1. The Labute approximate surface area is 169 Å². The highest BCUT2D eigenvalue weighted by Crippen LogP contribution is 2.62. The molecule has 2 aromatic heterocycles. The summed E-state index contributed by atoms with van der Waals surface area (Å²) in [6.07, 6.45) is 5.47. The van der Waals surface area contributed by atoms with Gasteiger partial charge in [0.05, 0.1) is 12.6 Å². The van der Waals surface area contributed by atoms with Crippen molar-refractivity contribution in [2.45, 2.75) is 57.8 Å². The van der Waals surface area contributed by atoms with E-state index in [1.807, 2.05) is 18.5 Å². The molecule has 3 aliphatic rings. The molecule has 1 saturated heterocycles. The Bertz CT molecular complexity index is 856. The first kappa shape index (κ1) is 18.1. The number of rotatable bonds is 5. The lowest BCUT2D eigenvalue weighted by atomic mass is 9.46. The molecule has 3 atom stereocenters. The van der Waals surface area contributed by atoms with Gasteiger partial charge in [-0.3, -0.25) is 0 Å². The number of hydrogen-bond donors (Lipinski definition) is 2. The van der Waals surface area contributed by atoms with Crippen molar-refractivity contribution in [1.82, 2.24) is 25.4 Å². The lowest BCUT2D eigenvalue weighted by molar-refractivity contribution is -0.171. The largest absolute Gasteiger partial charge is 0.377 e. The van der Waals surface area contributed by atoms with E-state index >= 15 is 0 Å². The van der Waals surface area contributed by atoms with Crippen LogP contribution in [0.2, 0.25) is 0 Å². The molecule has 2 aliphatic carbocycles. The number of nitrogens with one attached hydrogen (secondary N) is 2. The van der Waals surface area contributed by atoms with E-state index < -0.39 is 0 Å². The van der Waals surface area contributed by atoms with Crippen molar-refractivity contribution in [3.8, 4) is 0 Å². The summed E-state index contributed by atoms with van der Waals surface area (Å²) in [7, 11) is 1.99. The molecule has 3 unspecified atom stereocenters. The molecule has 0 amide bonds. The Kier molecular flexibility index (Phi) is 4.63. The number of aliphatic imine (C=N–C) groups is 1. The predicted octanol–water partition coefficient (Wildman–Crippen LogP) is 2.38. The number of nitrogens with zero attached hydrogens (tertiary/aromatic N) is 4. The molecule has 28 heavy (non-hydrogen) atoms. The van der Waals surface area contributed by atoms with Crippen LogP contribution in [0.25, 0.3) is 0 Å². The van der Waals surface area contributed by atoms with Gasteiger partial charge in [0.25, 0.3) is 0 Å². The lowest BCUT2D eigenvalue weighted by Gasteiger charge is -2.63. The van der Waals surface area contributed by atoms with Crippen LogP contribution < -0.4 is 10.6 Å². The zero-order valence-electron chi connectivity index (χ0n) is 16.5. The molecule has 1 spiro atoms. The normalized spacial score (nSPS) is 27.9. The second kappa shape index (κ2) is 7.15. The van der Waals surface area contributed by atoms with Crippen molar-refractivity contribution in [2.75, 3.05) is 6.61 Å². The van der Waals surface area contributed by atoms with Gasteiger partial charge in [0.1, 0.15) is 12.4 Å². The van der Waals surface area contributed by atoms with Gasteiger partial charge in [-0.05, 0) is 37.6 Å². The van der Waals surface area contributed by atoms with E-state index in [4.69, 9.17) is 9.73 Å². The van der Waals surface area contributed by atoms with Gasteiger partial charge in [-0.15, -0.1) is 21.5 Å². The second-order valence-electron chi connectivity index (χ2n) is 8.27. The number of fused-ring (bicyclic) bond motifs is 2. The van der Waals surface area contributed by atoms with Crippen LogP contribution >= 0.6 is 11.3 Å². The third-order valence-electron chi connectivity index (χ3n) is 6.90. The highest BCUT2D eigenvalue weighted by molar-refractivity contribution is 7.09. The maximum absolute atomic E-state index is 6.07. The van der Waals surface area contributed by atoms with Gasteiger partial charge in [-0.1, -0.05) is 12.5 Å². The highest BCUT2D eigenvalue weighted by atomic mass is 32.1. The van der Waals surface area contributed by atoms with Crippen LogP contribution in [-0.4, -0.2) is 39.5 Å². The fourth-order valence-corrected chi connectivity index (χ4v) is 5.72. The molecule has 3 fully saturated rings. The van der Waals surface area contributed by atoms with Crippen LogP contribution in [0.15, 0.2) is 22.5 Å². The minimum atomic E-state index is 0.327. The summed E-state index contributed by atoms with van der Waals surface area (Å²) in [5.41, 5.74) is 0.327. The molecule has 0 radical (unpaired) electrons. The second-order valence-corrected chi connectivity index (χ2v) is 9.31. The predicted molar refractivity (Wildman–Crippen MR) is 109 cm³/mol. The average molecular weight is 401 g/mol. The van der Waals surface area contributed by atoms with Crippen molar-refractivity contribution in [3.63, 3.8) is 0 Å². The maximum atomic E-state index is 6.07. The SMILES string of the molecule is Cc1nnc(CN=C(NCc2cccs2)NC2C3CCOC3C23CCC3)n1C. The standard InChI is InChI=1S/C20H28N6OS/c1-13-24-25-16(26(13)2)12-22-19(21-11-14-5-3-10-28-14)23-17-15-6-9-27-18(15)20(17)7-4-8-20/h3,5,10,15,17-18H,4,6-9,11-12H2,1-2H3,(H2,21,22,23). The van der Waals surface area contributed by atoms with Gasteiger partial charge >= 0.3 is 0 Å². The van der Waals surface area contributed by atoms with Gasteiger partial charge in [-0.25, -0.2) is 4.99 Å². The van der Waals surface area contributed by atoms with Crippen LogP contribution in [0.3, 0.4) is 0 Å². The van der Waals surface area contributed by atoms with Crippen LogP contribution in [0.1, 0.15) is 42.2 Å². The number of guanidine groups is 1. The molecule has 3 heterocycles. The van der Waals surface area contributed by atoms with Crippen molar-refractivity contribution >= 4 is 17.3 Å². The highest BCUT2D eigenvalue weighted by Gasteiger charge is 2.66. The van der Waals surface area contributed by atoms with Gasteiger partial charge in [-0.2, -0.15) is 0 Å². The summed E-state index contributed by atoms with van der Waals surface area (Å²) in [4.78, 5) is 6.17. The fourth-order valence-electron chi connectivity index (χ4n) is 5.08. The summed E-state index contributed by atoms with van der Waals surface area (Å²) >= 11 is 1.76. The van der Waals surface area contributed by atoms with Crippen molar-refractivity contribution < 1.29 is 4.74 Å². The van der Waals surface area contributed by atoms with Crippen molar-refractivity contribution in [2.24, 2.45) is 23.4 Å². The third kappa shape index (κ3) is 2.93. The molecule has 1 aliphatic heterocycles. The topological polar surface area (TPSA) is 76.4 Å². The number of aryl methyl sites for hydroxylation is 1. The molecule has 7 nitrogen and oxygen atoms in total. The zero-order valence-corrected chi connectivity index (χ0v) is 17.3. The Balaban J connectivity index is 1.33. The summed E-state index contributed by atoms with van der Waals surface area (Å²) in [5.74, 6) is 3.27. The van der Waals surface area contributed by atoms with Crippen LogP contribution in [0.5, 0.6) is 0 Å². The van der Waals surface area contributed by atoms with E-state index in [1.54, 1.807) is 11.3 Å². The number of hydrogen-bond acceptors (Lipinski definition) is 5. The summed E-state index contributed by atoms with van der Waals surface area (Å²) in [5, 5.41) is 17.8. The molecule has 2 aromatic rings. The van der Waals surface area contributed by atoms with Crippen molar-refractivity contribution in [3.05, 3.63) is 34.0 Å². The molecule has 8 heteroatoms. The number of aromatic nitrogens is 3. The fraction of sp³-hybridized carbons (Fsp3) is 0.650. The van der Waals surface area contributed by atoms with E-state index in [2.05, 4.69) is 38.3 Å². The van der Waals surface area contributed by atoms with Gasteiger partial charge in [0.2, 0.25) is 0 Å². The minimum absolute atomic E-state index is 0.327. The minimum Gasteiger partial charge on any atom is -0.377 e. The maximum Gasteiger partial charge on any atom is 0.192 e. The monoisotopic (exact) mass is 400 g/mol. The van der Waals surface area contributed by atoms with E-state index in [9.17, 15) is 0 Å². The van der Waals surface area contributed by atoms with Gasteiger partial charge < -0.3 is 19.9 Å². The molecule has 5 rings (SSSR count). The first-order chi connectivity index (χ1) is 13.7. The van der Waals surface area contributed by atoms with E-state index in [-0.39, 0.29) is 0 Å². The lowest BCUT2D eigenvalue weighted by Crippen LogP contribution is -2.72. The van der Waals surface area contributed by atoms with E-state index in [0.29, 0.717) is 30.0 Å². The Hall–Kier alpha value is -1.93. The van der Waals surface area contributed by atoms with Crippen LogP contribution in [-0.2, 0) is 24.9 Å². The summed E-state index contributed by atoms with van der Waals surface area (Å²) < 4.78 is 8.07. The number of thiophene rings is 1. The van der Waals surface area contributed by atoms with Gasteiger partial charge in [0.15, 0.2) is 11.8 Å². The smallest absolute Gasteiger partial charge is 0.192 e. The molecule has 0 bridgehead atoms. The summed E-state index contributed by atoms with van der Waals surface area (Å²) in [6, 6.07) is 4.70. The molecular formula is C20H28N6OS. The van der Waals surface area contributed by atoms with Crippen molar-refractivity contribution in [1.29, 1.82) is 0 Å². The Morgan fingerprint density at radius 1 is 1.43 bits per heavy atom. The Morgan fingerprint density at radius 2 is 2.32 bits per heavy atom. The summed E-state index contributed by atoms with van der Waals surface area (Å²) in [6.45, 7) is 4.17. The third-order valence-corrected chi connectivity index (χ3v) is 7.78. The first-order valence-electron chi connectivity index (χ1n) is 10.2. The quantitative estimate of drug-likeness (QED) is 0.595. The van der Waals surface area contributed by atoms with Crippen LogP contribution in [0, 0.1) is 18.3 Å². The van der Waals surface area contributed by atoms with E-state index in [0.717, 1.165) is 37.2 Å². The van der Waals surface area contributed by atoms with Gasteiger partial charge in [0, 0.05) is 35.9 Å². The molecule has 0 aromatic carbocycles. The molecule has 2 N–H and O–H groups in total. The number of ether oxygens (including phenoxy) is 1. The molecular weight excluding hydrogens is 372 g/mol.